The number of piperidine rings is 1. The number of nitrogens with two attached hydrogens (primary N) is 1. The van der Waals surface area contributed by atoms with E-state index < -0.39 is 21.8 Å². The van der Waals surface area contributed by atoms with Gasteiger partial charge in [0.1, 0.15) is 5.00 Å². The maximum absolute atomic E-state index is 13.2. The van der Waals surface area contributed by atoms with Crippen LogP contribution >= 0.6 is 11.3 Å². The quantitative estimate of drug-likeness (QED) is 0.492. The lowest BCUT2D eigenvalue weighted by Crippen LogP contribution is -2.43. The molecule has 7 nitrogen and oxygen atoms in total. The van der Waals surface area contributed by atoms with E-state index >= 15 is 0 Å². The summed E-state index contributed by atoms with van der Waals surface area (Å²) in [5.41, 5.74) is 6.95. The first-order chi connectivity index (χ1) is 16.3. The van der Waals surface area contributed by atoms with Crippen molar-refractivity contribution in [1.29, 1.82) is 0 Å². The maximum Gasteiger partial charge on any atom is 0.256 e. The third-order valence-corrected chi connectivity index (χ3v) is 9.12. The monoisotopic (exact) mass is 497 g/mol. The molecule has 3 aromatic rings. The average molecular weight is 498 g/mol. The highest BCUT2D eigenvalue weighted by Gasteiger charge is 2.32. The Balaban J connectivity index is 1.55. The van der Waals surface area contributed by atoms with E-state index in [1.807, 2.05) is 37.3 Å². The molecule has 3 N–H and O–H groups in total. The number of thiophene rings is 1. The summed E-state index contributed by atoms with van der Waals surface area (Å²) in [6, 6.07) is 17.1. The molecule has 1 aromatic heterocycles. The first kappa shape index (κ1) is 24.1. The molecule has 2 amide bonds. The van der Waals surface area contributed by atoms with Gasteiger partial charge in [0, 0.05) is 23.0 Å². The Morgan fingerprint density at radius 3 is 2.44 bits per heavy atom. The van der Waals surface area contributed by atoms with E-state index in [0.717, 1.165) is 36.1 Å². The van der Waals surface area contributed by atoms with E-state index in [1.165, 1.54) is 35.6 Å². The molecule has 1 fully saturated rings. The maximum atomic E-state index is 13.2. The van der Waals surface area contributed by atoms with Gasteiger partial charge < -0.3 is 11.1 Å². The summed E-state index contributed by atoms with van der Waals surface area (Å²) in [7, 11) is -3.63. The number of primary amides is 1. The summed E-state index contributed by atoms with van der Waals surface area (Å²) < 4.78 is 27.9. The van der Waals surface area contributed by atoms with Crippen molar-refractivity contribution in [1.82, 2.24) is 4.31 Å². The Labute approximate surface area is 203 Å². The fraction of sp³-hybridized carbons (Fsp3) is 0.280. The van der Waals surface area contributed by atoms with Crippen molar-refractivity contribution in [2.75, 3.05) is 11.9 Å². The number of hydrogen-bond donors (Lipinski definition) is 2. The third-order valence-electron chi connectivity index (χ3n) is 6.05. The number of nitrogens with one attached hydrogen (secondary N) is 1. The number of anilines is 1. The molecule has 178 valence electrons. The first-order valence-electron chi connectivity index (χ1n) is 11.2. The molecule has 9 heteroatoms. The molecule has 4 rings (SSSR count). The van der Waals surface area contributed by atoms with Crippen molar-refractivity contribution in [3.05, 3.63) is 71.8 Å². The van der Waals surface area contributed by atoms with E-state index in [4.69, 9.17) is 5.73 Å². The minimum absolute atomic E-state index is 0.00610. The SMILES string of the molecule is CCC1CCCCN1S(=O)(=O)c1ccc(C(=O)Nc2sc(-c3ccccc3)cc2C(N)=O)cc1. The van der Waals surface area contributed by atoms with Crippen molar-refractivity contribution in [2.45, 2.75) is 43.5 Å². The predicted octanol–water partition coefficient (Wildman–Crippen LogP) is 4.72. The molecule has 2 heterocycles. The Morgan fingerprint density at radius 1 is 1.09 bits per heavy atom. The molecule has 0 bridgehead atoms. The normalized spacial score (nSPS) is 16.8. The average Bonchev–Trinajstić information content (AvgIpc) is 3.28. The zero-order valence-electron chi connectivity index (χ0n) is 18.9. The number of hydrogen-bond acceptors (Lipinski definition) is 5. The molecule has 1 saturated heterocycles. The lowest BCUT2D eigenvalue weighted by molar-refractivity contribution is 0.100. The van der Waals surface area contributed by atoms with Crippen molar-refractivity contribution >= 4 is 38.2 Å². The van der Waals surface area contributed by atoms with Gasteiger partial charge in [0.25, 0.3) is 11.8 Å². The van der Waals surface area contributed by atoms with Crippen LogP contribution in [-0.4, -0.2) is 37.1 Å². The lowest BCUT2D eigenvalue weighted by Gasteiger charge is -2.34. The first-order valence-corrected chi connectivity index (χ1v) is 13.5. The van der Waals surface area contributed by atoms with Crippen LogP contribution in [0.25, 0.3) is 10.4 Å². The van der Waals surface area contributed by atoms with Crippen LogP contribution in [0.5, 0.6) is 0 Å². The van der Waals surface area contributed by atoms with Crippen LogP contribution in [0.2, 0.25) is 0 Å². The fourth-order valence-corrected chi connectivity index (χ4v) is 7.03. The highest BCUT2D eigenvalue weighted by Crippen LogP contribution is 2.35. The van der Waals surface area contributed by atoms with Crippen LogP contribution in [-0.2, 0) is 10.0 Å². The lowest BCUT2D eigenvalue weighted by atomic mass is 10.0. The van der Waals surface area contributed by atoms with Crippen LogP contribution in [0.15, 0.2) is 65.6 Å². The number of sulfonamides is 1. The highest BCUT2D eigenvalue weighted by molar-refractivity contribution is 7.89. The molecule has 0 saturated carbocycles. The molecule has 0 radical (unpaired) electrons. The molecule has 2 aromatic carbocycles. The predicted molar refractivity (Wildman–Crippen MR) is 134 cm³/mol. The second-order valence-electron chi connectivity index (χ2n) is 8.24. The number of carbonyl (C=O) groups excluding carboxylic acids is 2. The summed E-state index contributed by atoms with van der Waals surface area (Å²) >= 11 is 1.26. The molecule has 1 aliphatic heterocycles. The number of benzene rings is 2. The van der Waals surface area contributed by atoms with E-state index in [-0.39, 0.29) is 22.1 Å². The third kappa shape index (κ3) is 4.91. The van der Waals surface area contributed by atoms with Crippen LogP contribution in [0.3, 0.4) is 0 Å². The van der Waals surface area contributed by atoms with Gasteiger partial charge in [0.2, 0.25) is 10.0 Å². The van der Waals surface area contributed by atoms with Crippen LogP contribution in [0, 0.1) is 0 Å². The van der Waals surface area contributed by atoms with E-state index in [0.29, 0.717) is 11.5 Å². The van der Waals surface area contributed by atoms with Crippen molar-refractivity contribution in [3.63, 3.8) is 0 Å². The molecule has 0 spiro atoms. The van der Waals surface area contributed by atoms with E-state index in [1.54, 1.807) is 10.4 Å². The summed E-state index contributed by atoms with van der Waals surface area (Å²) in [6.45, 7) is 2.52. The van der Waals surface area contributed by atoms with Gasteiger partial charge in [0.15, 0.2) is 0 Å². The van der Waals surface area contributed by atoms with Gasteiger partial charge >= 0.3 is 0 Å². The second-order valence-corrected chi connectivity index (χ2v) is 11.2. The zero-order chi connectivity index (χ0) is 24.3. The summed E-state index contributed by atoms with van der Waals surface area (Å²) in [4.78, 5) is 25.8. The smallest absolute Gasteiger partial charge is 0.256 e. The van der Waals surface area contributed by atoms with Gasteiger partial charge in [-0.25, -0.2) is 8.42 Å². The van der Waals surface area contributed by atoms with Crippen molar-refractivity contribution < 1.29 is 18.0 Å². The minimum Gasteiger partial charge on any atom is -0.366 e. The summed E-state index contributed by atoms with van der Waals surface area (Å²) in [6.07, 6.45) is 3.52. The number of amides is 2. The largest absolute Gasteiger partial charge is 0.366 e. The minimum atomic E-state index is -3.63. The highest BCUT2D eigenvalue weighted by atomic mass is 32.2. The second kappa shape index (κ2) is 10.1. The van der Waals surface area contributed by atoms with Gasteiger partial charge in [-0.1, -0.05) is 43.7 Å². The Kier molecular flexibility index (Phi) is 7.16. The summed E-state index contributed by atoms with van der Waals surface area (Å²) in [5.74, 6) is -1.08. The fourth-order valence-electron chi connectivity index (χ4n) is 4.20. The molecule has 1 atom stereocenters. The molecule has 1 aliphatic rings. The Hall–Kier alpha value is -3.01. The van der Waals surface area contributed by atoms with Gasteiger partial charge in [-0.05, 0) is 55.2 Å². The van der Waals surface area contributed by atoms with Gasteiger partial charge in [-0.2, -0.15) is 4.31 Å². The van der Waals surface area contributed by atoms with Crippen molar-refractivity contribution in [2.24, 2.45) is 5.73 Å². The molecular weight excluding hydrogens is 470 g/mol. The van der Waals surface area contributed by atoms with Crippen LogP contribution in [0.1, 0.15) is 53.3 Å². The van der Waals surface area contributed by atoms with Gasteiger partial charge in [-0.3, -0.25) is 9.59 Å². The number of rotatable bonds is 7. The van der Waals surface area contributed by atoms with Crippen LogP contribution in [0.4, 0.5) is 5.00 Å². The molecule has 1 unspecified atom stereocenters. The molecular formula is C25H27N3O4S2. The van der Waals surface area contributed by atoms with Crippen LogP contribution < -0.4 is 11.1 Å². The summed E-state index contributed by atoms with van der Waals surface area (Å²) in [5, 5.41) is 3.11. The molecule has 34 heavy (non-hydrogen) atoms. The number of nitrogens with zero attached hydrogens (tertiary/aromatic N) is 1. The van der Waals surface area contributed by atoms with E-state index in [9.17, 15) is 18.0 Å². The molecule has 0 aliphatic carbocycles. The standard InChI is InChI=1S/C25H27N3O4S2/c1-2-19-10-6-7-15-28(19)34(31,32)20-13-11-18(12-14-20)24(30)27-25-21(23(26)29)16-22(33-25)17-8-4-3-5-9-17/h3-5,8-9,11-14,16,19H,2,6-7,10,15H2,1H3,(H2,26,29)(H,27,30). The number of carbonyl (C=O) groups is 2. The van der Waals surface area contributed by atoms with Gasteiger partial charge in [0.05, 0.1) is 10.5 Å². The zero-order valence-corrected chi connectivity index (χ0v) is 20.5. The van der Waals surface area contributed by atoms with Crippen molar-refractivity contribution in [3.8, 4) is 10.4 Å². The Morgan fingerprint density at radius 2 is 1.79 bits per heavy atom. The van der Waals surface area contributed by atoms with E-state index in [2.05, 4.69) is 5.32 Å². The van der Waals surface area contributed by atoms with Gasteiger partial charge in [-0.15, -0.1) is 11.3 Å². The topological polar surface area (TPSA) is 110 Å². The Bertz CT molecular complexity index is 1290.